The Hall–Kier alpha value is -2.82. The normalized spacial score (nSPS) is 10.6. The quantitative estimate of drug-likeness (QED) is 0.553. The third-order valence-corrected chi connectivity index (χ3v) is 4.01. The van der Waals surface area contributed by atoms with Crippen molar-refractivity contribution < 1.29 is 14.3 Å². The van der Waals surface area contributed by atoms with E-state index in [2.05, 4.69) is 19.2 Å². The van der Waals surface area contributed by atoms with Crippen LogP contribution >= 0.6 is 0 Å². The Labute approximate surface area is 154 Å². The molecular formula is C21H26N2O3. The number of benzene rings is 2. The molecular weight excluding hydrogens is 328 g/mol. The highest BCUT2D eigenvalue weighted by atomic mass is 16.5. The average molecular weight is 354 g/mol. The van der Waals surface area contributed by atoms with Crippen molar-refractivity contribution in [3.8, 4) is 5.75 Å². The topological polar surface area (TPSA) is 81.4 Å². The van der Waals surface area contributed by atoms with E-state index < -0.39 is 0 Å². The monoisotopic (exact) mass is 354 g/mol. The number of nitrogens with one attached hydrogen (secondary N) is 1. The first-order valence-corrected chi connectivity index (χ1v) is 8.74. The van der Waals surface area contributed by atoms with Crippen molar-refractivity contribution in [1.82, 2.24) is 0 Å². The Balaban J connectivity index is 1.86. The van der Waals surface area contributed by atoms with Gasteiger partial charge in [-0.15, -0.1) is 0 Å². The van der Waals surface area contributed by atoms with E-state index in [0.29, 0.717) is 28.6 Å². The third kappa shape index (κ3) is 5.62. The Bertz CT molecular complexity index is 767. The van der Waals surface area contributed by atoms with Crippen molar-refractivity contribution >= 4 is 23.1 Å². The minimum absolute atomic E-state index is 0.0366. The maximum Gasteiger partial charge on any atom is 0.224 e. The molecule has 5 heteroatoms. The molecule has 0 fully saturated rings. The van der Waals surface area contributed by atoms with Crippen LogP contribution in [0.5, 0.6) is 5.75 Å². The van der Waals surface area contributed by atoms with E-state index in [-0.39, 0.29) is 24.5 Å². The summed E-state index contributed by atoms with van der Waals surface area (Å²) >= 11 is 0. The molecule has 0 saturated carbocycles. The molecule has 1 amide bonds. The summed E-state index contributed by atoms with van der Waals surface area (Å²) in [6, 6.07) is 12.7. The van der Waals surface area contributed by atoms with Crippen molar-refractivity contribution in [3.63, 3.8) is 0 Å². The second-order valence-corrected chi connectivity index (χ2v) is 6.72. The van der Waals surface area contributed by atoms with Crippen LogP contribution in [0.4, 0.5) is 11.4 Å². The van der Waals surface area contributed by atoms with Crippen LogP contribution in [-0.4, -0.2) is 18.8 Å². The lowest BCUT2D eigenvalue weighted by Crippen LogP contribution is -2.13. The first-order chi connectivity index (χ1) is 12.4. The van der Waals surface area contributed by atoms with Crippen LogP contribution < -0.4 is 15.8 Å². The van der Waals surface area contributed by atoms with Crippen molar-refractivity contribution in [2.75, 3.05) is 18.2 Å². The highest BCUT2D eigenvalue weighted by Gasteiger charge is 2.11. The van der Waals surface area contributed by atoms with Crippen LogP contribution in [0.2, 0.25) is 0 Å². The fourth-order valence-electron chi connectivity index (χ4n) is 2.71. The van der Waals surface area contributed by atoms with Crippen LogP contribution in [0.3, 0.4) is 0 Å². The van der Waals surface area contributed by atoms with Gasteiger partial charge in [-0.1, -0.05) is 38.1 Å². The van der Waals surface area contributed by atoms with Gasteiger partial charge in [-0.05, 0) is 36.1 Å². The van der Waals surface area contributed by atoms with E-state index in [1.54, 1.807) is 18.2 Å². The number of amides is 1. The number of nitrogen functional groups attached to an aromatic ring is 1. The Kier molecular flexibility index (Phi) is 6.78. The molecule has 2 aromatic rings. The number of ketones is 1. The molecule has 2 rings (SSSR count). The summed E-state index contributed by atoms with van der Waals surface area (Å²) in [4.78, 5) is 24.3. The van der Waals surface area contributed by atoms with Gasteiger partial charge in [0.2, 0.25) is 5.91 Å². The molecule has 0 heterocycles. The van der Waals surface area contributed by atoms with E-state index in [0.717, 1.165) is 6.42 Å². The van der Waals surface area contributed by atoms with Crippen molar-refractivity contribution in [2.45, 2.75) is 33.1 Å². The molecule has 26 heavy (non-hydrogen) atoms. The van der Waals surface area contributed by atoms with Gasteiger partial charge >= 0.3 is 0 Å². The highest BCUT2D eigenvalue weighted by molar-refractivity contribution is 6.00. The lowest BCUT2D eigenvalue weighted by atomic mass is 9.99. The smallest absolute Gasteiger partial charge is 0.224 e. The molecule has 0 radical (unpaired) electrons. The van der Waals surface area contributed by atoms with E-state index in [1.807, 2.05) is 24.3 Å². The molecule has 5 nitrogen and oxygen atoms in total. The van der Waals surface area contributed by atoms with Gasteiger partial charge in [-0.2, -0.15) is 0 Å². The van der Waals surface area contributed by atoms with Crippen molar-refractivity contribution in [3.05, 3.63) is 53.6 Å². The van der Waals surface area contributed by atoms with Crippen molar-refractivity contribution in [2.24, 2.45) is 5.92 Å². The van der Waals surface area contributed by atoms with Gasteiger partial charge in [0.1, 0.15) is 5.75 Å². The Morgan fingerprint density at radius 3 is 2.35 bits per heavy atom. The van der Waals surface area contributed by atoms with Gasteiger partial charge in [0.25, 0.3) is 0 Å². The number of nitrogens with two attached hydrogens (primary N) is 1. The lowest BCUT2D eigenvalue weighted by molar-refractivity contribution is -0.116. The maximum atomic E-state index is 12.3. The minimum Gasteiger partial charge on any atom is -0.495 e. The second-order valence-electron chi connectivity index (χ2n) is 6.72. The predicted octanol–water partition coefficient (Wildman–Crippen LogP) is 4.08. The predicted molar refractivity (Wildman–Crippen MR) is 105 cm³/mol. The number of carbonyl (C=O) groups is 2. The van der Waals surface area contributed by atoms with Crippen LogP contribution in [0.15, 0.2) is 42.5 Å². The Morgan fingerprint density at radius 2 is 1.77 bits per heavy atom. The summed E-state index contributed by atoms with van der Waals surface area (Å²) in [6.45, 7) is 4.32. The molecule has 0 bridgehead atoms. The molecule has 0 spiro atoms. The lowest BCUT2D eigenvalue weighted by Gasteiger charge is -2.09. The molecule has 3 N–H and O–H groups in total. The number of anilines is 2. The van der Waals surface area contributed by atoms with Crippen molar-refractivity contribution in [1.29, 1.82) is 0 Å². The highest BCUT2D eigenvalue weighted by Crippen LogP contribution is 2.24. The average Bonchev–Trinajstić information content (AvgIpc) is 2.60. The first kappa shape index (κ1) is 19.5. The standard InChI is InChI=1S/C21H26N2O3/c1-14(2)12-15-4-6-16(7-5-15)19(24)9-11-21(25)23-17-8-10-20(26-3)18(22)13-17/h4-8,10,13-14H,9,11-12,22H2,1-3H3,(H,23,25). The van der Waals surface area contributed by atoms with Crippen LogP contribution in [0.25, 0.3) is 0 Å². The van der Waals surface area contributed by atoms with Gasteiger partial charge in [0, 0.05) is 24.1 Å². The molecule has 0 unspecified atom stereocenters. The molecule has 0 aliphatic rings. The zero-order chi connectivity index (χ0) is 19.1. The SMILES string of the molecule is COc1ccc(NC(=O)CCC(=O)c2ccc(CC(C)C)cc2)cc1N. The van der Waals surface area contributed by atoms with E-state index in [9.17, 15) is 9.59 Å². The third-order valence-electron chi connectivity index (χ3n) is 4.01. The summed E-state index contributed by atoms with van der Waals surface area (Å²) < 4.78 is 5.08. The van der Waals surface area contributed by atoms with E-state index >= 15 is 0 Å². The number of carbonyl (C=O) groups excluding carboxylic acids is 2. The van der Waals surface area contributed by atoms with Gasteiger partial charge < -0.3 is 15.8 Å². The maximum absolute atomic E-state index is 12.3. The summed E-state index contributed by atoms with van der Waals surface area (Å²) in [7, 11) is 1.53. The van der Waals surface area contributed by atoms with E-state index in [4.69, 9.17) is 10.5 Å². The second kappa shape index (κ2) is 9.04. The first-order valence-electron chi connectivity index (χ1n) is 8.74. The molecule has 0 aromatic heterocycles. The Morgan fingerprint density at radius 1 is 1.08 bits per heavy atom. The molecule has 138 valence electrons. The largest absolute Gasteiger partial charge is 0.495 e. The summed E-state index contributed by atoms with van der Waals surface area (Å²) in [5.41, 5.74) is 8.70. The van der Waals surface area contributed by atoms with Crippen LogP contribution in [0.1, 0.15) is 42.6 Å². The minimum atomic E-state index is -0.223. The molecule has 2 aromatic carbocycles. The molecule has 0 saturated heterocycles. The van der Waals surface area contributed by atoms with E-state index in [1.165, 1.54) is 12.7 Å². The van der Waals surface area contributed by atoms with Crippen LogP contribution in [0, 0.1) is 5.92 Å². The summed E-state index contributed by atoms with van der Waals surface area (Å²) in [5.74, 6) is 0.871. The zero-order valence-electron chi connectivity index (χ0n) is 15.5. The number of hydrogen-bond donors (Lipinski definition) is 2. The number of rotatable bonds is 8. The van der Waals surface area contributed by atoms with Gasteiger partial charge in [-0.25, -0.2) is 0 Å². The molecule has 0 aliphatic carbocycles. The van der Waals surface area contributed by atoms with Crippen LogP contribution in [-0.2, 0) is 11.2 Å². The van der Waals surface area contributed by atoms with Gasteiger partial charge in [0.15, 0.2) is 5.78 Å². The zero-order valence-corrected chi connectivity index (χ0v) is 15.5. The summed E-state index contributed by atoms with van der Waals surface area (Å²) in [6.07, 6.45) is 1.28. The summed E-state index contributed by atoms with van der Waals surface area (Å²) in [5, 5.41) is 2.74. The molecule has 0 aliphatic heterocycles. The number of ether oxygens (including phenoxy) is 1. The molecule has 0 atom stereocenters. The van der Waals surface area contributed by atoms with Gasteiger partial charge in [-0.3, -0.25) is 9.59 Å². The fraction of sp³-hybridized carbons (Fsp3) is 0.333. The number of Topliss-reactive ketones (excluding diaryl/α,β-unsaturated/α-hetero) is 1. The number of hydrogen-bond acceptors (Lipinski definition) is 4. The number of methoxy groups -OCH3 is 1. The van der Waals surface area contributed by atoms with Gasteiger partial charge in [0.05, 0.1) is 12.8 Å². The fourth-order valence-corrected chi connectivity index (χ4v) is 2.71.